The third kappa shape index (κ3) is 6.93. The lowest BCUT2D eigenvalue weighted by atomic mass is 10.2. The molecule has 0 spiro atoms. The van der Waals surface area contributed by atoms with Crippen molar-refractivity contribution in [2.45, 2.75) is 25.5 Å². The molecular weight excluding hydrogens is 344 g/mol. The van der Waals surface area contributed by atoms with Gasteiger partial charge in [0.25, 0.3) is 0 Å². The second kappa shape index (κ2) is 10.4. The van der Waals surface area contributed by atoms with Gasteiger partial charge in [-0.05, 0) is 18.4 Å². The molecule has 3 rings (SSSR count). The summed E-state index contributed by atoms with van der Waals surface area (Å²) in [4.78, 5) is 28.5. The van der Waals surface area contributed by atoms with Crippen LogP contribution in [0.3, 0.4) is 0 Å². The van der Waals surface area contributed by atoms with Crippen LogP contribution in [0.2, 0.25) is 0 Å². The van der Waals surface area contributed by atoms with E-state index in [1.165, 1.54) is 0 Å². The standard InChI is InChI=1S/C20H30N4O3/c25-19(21-13-17-5-2-1-3-6-17)15-23-8-10-24(11-9-23)16-20(26)22-14-18-7-4-12-27-18/h1-3,5-6,18H,4,7-16H2,(H,21,25)(H,22,26). The summed E-state index contributed by atoms with van der Waals surface area (Å²) in [7, 11) is 0. The van der Waals surface area contributed by atoms with Crippen LogP contribution in [0.5, 0.6) is 0 Å². The predicted octanol–water partition coefficient (Wildman–Crippen LogP) is 0.216. The van der Waals surface area contributed by atoms with Crippen molar-refractivity contribution >= 4 is 11.8 Å². The quantitative estimate of drug-likeness (QED) is 0.681. The highest BCUT2D eigenvalue weighted by Gasteiger charge is 2.21. The van der Waals surface area contributed by atoms with Crippen LogP contribution in [0.4, 0.5) is 0 Å². The zero-order valence-electron chi connectivity index (χ0n) is 15.9. The van der Waals surface area contributed by atoms with Gasteiger partial charge < -0.3 is 15.4 Å². The van der Waals surface area contributed by atoms with Gasteiger partial charge in [0.1, 0.15) is 0 Å². The van der Waals surface area contributed by atoms with Gasteiger partial charge in [0.15, 0.2) is 0 Å². The highest BCUT2D eigenvalue weighted by atomic mass is 16.5. The number of nitrogens with zero attached hydrogens (tertiary/aromatic N) is 2. The molecule has 2 amide bonds. The maximum Gasteiger partial charge on any atom is 0.234 e. The second-order valence-corrected chi connectivity index (χ2v) is 7.25. The molecule has 2 heterocycles. The molecule has 2 fully saturated rings. The van der Waals surface area contributed by atoms with E-state index in [4.69, 9.17) is 4.74 Å². The number of carbonyl (C=O) groups is 2. The fourth-order valence-electron chi connectivity index (χ4n) is 3.45. The topological polar surface area (TPSA) is 73.9 Å². The van der Waals surface area contributed by atoms with E-state index in [0.717, 1.165) is 51.2 Å². The molecule has 27 heavy (non-hydrogen) atoms. The minimum Gasteiger partial charge on any atom is -0.376 e. The summed E-state index contributed by atoms with van der Waals surface area (Å²) >= 11 is 0. The molecule has 1 aromatic carbocycles. The maximum absolute atomic E-state index is 12.1. The van der Waals surface area contributed by atoms with Crippen LogP contribution in [-0.2, 0) is 20.9 Å². The molecule has 2 saturated heterocycles. The maximum atomic E-state index is 12.1. The number of ether oxygens (including phenoxy) is 1. The Morgan fingerprint density at radius 1 is 0.963 bits per heavy atom. The van der Waals surface area contributed by atoms with Crippen molar-refractivity contribution < 1.29 is 14.3 Å². The highest BCUT2D eigenvalue weighted by molar-refractivity contribution is 5.78. The summed E-state index contributed by atoms with van der Waals surface area (Å²) < 4.78 is 5.52. The Balaban J connectivity index is 1.28. The minimum absolute atomic E-state index is 0.0432. The van der Waals surface area contributed by atoms with Crippen LogP contribution in [0.25, 0.3) is 0 Å². The molecule has 0 radical (unpaired) electrons. The first-order valence-corrected chi connectivity index (χ1v) is 9.82. The van der Waals surface area contributed by atoms with Gasteiger partial charge >= 0.3 is 0 Å². The van der Waals surface area contributed by atoms with Crippen molar-refractivity contribution in [3.05, 3.63) is 35.9 Å². The summed E-state index contributed by atoms with van der Waals surface area (Å²) in [6.07, 6.45) is 2.30. The summed E-state index contributed by atoms with van der Waals surface area (Å²) in [6.45, 7) is 6.02. The Kier molecular flexibility index (Phi) is 7.62. The zero-order chi connectivity index (χ0) is 18.9. The van der Waals surface area contributed by atoms with Crippen molar-refractivity contribution in [3.8, 4) is 0 Å². The van der Waals surface area contributed by atoms with E-state index >= 15 is 0 Å². The lowest BCUT2D eigenvalue weighted by molar-refractivity contribution is -0.125. The van der Waals surface area contributed by atoms with Crippen molar-refractivity contribution in [1.29, 1.82) is 0 Å². The fraction of sp³-hybridized carbons (Fsp3) is 0.600. The molecule has 7 heteroatoms. The van der Waals surface area contributed by atoms with Crippen molar-refractivity contribution in [3.63, 3.8) is 0 Å². The lowest BCUT2D eigenvalue weighted by Crippen LogP contribution is -2.51. The molecule has 2 N–H and O–H groups in total. The SMILES string of the molecule is O=C(CN1CCN(CC(=O)NCC2CCCO2)CC1)NCc1ccccc1. The van der Waals surface area contributed by atoms with Crippen molar-refractivity contribution in [1.82, 2.24) is 20.4 Å². The number of piperazine rings is 1. The average Bonchev–Trinajstić information content (AvgIpc) is 3.21. The number of hydrogen-bond donors (Lipinski definition) is 2. The molecule has 1 aromatic rings. The van der Waals surface area contributed by atoms with Gasteiger partial charge in [-0.25, -0.2) is 0 Å². The van der Waals surface area contributed by atoms with Crippen molar-refractivity contribution in [2.24, 2.45) is 0 Å². The normalized spacial score (nSPS) is 21.1. The monoisotopic (exact) mass is 374 g/mol. The number of nitrogens with one attached hydrogen (secondary N) is 2. The van der Waals surface area contributed by atoms with Crippen LogP contribution in [-0.4, -0.2) is 80.1 Å². The molecule has 0 aromatic heterocycles. The molecule has 1 unspecified atom stereocenters. The summed E-state index contributed by atoms with van der Waals surface area (Å²) in [6, 6.07) is 9.91. The van der Waals surface area contributed by atoms with Crippen LogP contribution in [0.15, 0.2) is 30.3 Å². The highest BCUT2D eigenvalue weighted by Crippen LogP contribution is 2.10. The number of hydrogen-bond acceptors (Lipinski definition) is 5. The Labute approximate surface area is 161 Å². The second-order valence-electron chi connectivity index (χ2n) is 7.25. The predicted molar refractivity (Wildman–Crippen MR) is 103 cm³/mol. The lowest BCUT2D eigenvalue weighted by Gasteiger charge is -2.33. The van der Waals surface area contributed by atoms with Crippen molar-refractivity contribution in [2.75, 3.05) is 52.4 Å². The summed E-state index contributed by atoms with van der Waals surface area (Å²) in [5, 5.41) is 5.93. The summed E-state index contributed by atoms with van der Waals surface area (Å²) in [5.41, 5.74) is 1.10. The van der Waals surface area contributed by atoms with E-state index < -0.39 is 0 Å². The first-order chi connectivity index (χ1) is 13.2. The molecule has 2 aliphatic rings. The Bertz CT molecular complexity index is 597. The van der Waals surface area contributed by atoms with E-state index in [2.05, 4.69) is 20.4 Å². The first-order valence-electron chi connectivity index (χ1n) is 9.82. The van der Waals surface area contributed by atoms with Crippen LogP contribution >= 0.6 is 0 Å². The van der Waals surface area contributed by atoms with E-state index in [9.17, 15) is 9.59 Å². The Morgan fingerprint density at radius 3 is 2.19 bits per heavy atom. The molecule has 0 saturated carbocycles. The van der Waals surface area contributed by atoms with Gasteiger partial charge in [0, 0.05) is 45.9 Å². The van der Waals surface area contributed by atoms with E-state index in [0.29, 0.717) is 26.2 Å². The molecule has 0 aliphatic carbocycles. The molecule has 148 valence electrons. The largest absolute Gasteiger partial charge is 0.376 e. The van der Waals surface area contributed by atoms with Gasteiger partial charge in [-0.1, -0.05) is 30.3 Å². The Hall–Kier alpha value is -1.96. The van der Waals surface area contributed by atoms with E-state index in [1.54, 1.807) is 0 Å². The van der Waals surface area contributed by atoms with E-state index in [1.807, 2.05) is 30.3 Å². The molecule has 0 bridgehead atoms. The molecule has 1 atom stereocenters. The van der Waals surface area contributed by atoms with Gasteiger partial charge in [0.2, 0.25) is 11.8 Å². The smallest absolute Gasteiger partial charge is 0.234 e. The zero-order valence-corrected chi connectivity index (χ0v) is 15.9. The van der Waals surface area contributed by atoms with Gasteiger partial charge in [-0.3, -0.25) is 19.4 Å². The van der Waals surface area contributed by atoms with Gasteiger partial charge in [-0.15, -0.1) is 0 Å². The Morgan fingerprint density at radius 2 is 1.59 bits per heavy atom. The summed E-state index contributed by atoms with van der Waals surface area (Å²) in [5.74, 6) is 0.0983. The third-order valence-corrected chi connectivity index (χ3v) is 5.08. The minimum atomic E-state index is 0.0432. The van der Waals surface area contributed by atoms with Crippen LogP contribution in [0, 0.1) is 0 Å². The first kappa shape index (κ1) is 19.8. The third-order valence-electron chi connectivity index (χ3n) is 5.08. The molecular formula is C20H30N4O3. The van der Waals surface area contributed by atoms with Gasteiger partial charge in [0.05, 0.1) is 19.2 Å². The van der Waals surface area contributed by atoms with Crippen LogP contribution in [0.1, 0.15) is 18.4 Å². The van der Waals surface area contributed by atoms with Gasteiger partial charge in [-0.2, -0.15) is 0 Å². The fourth-order valence-corrected chi connectivity index (χ4v) is 3.45. The van der Waals surface area contributed by atoms with Crippen LogP contribution < -0.4 is 10.6 Å². The molecule has 2 aliphatic heterocycles. The number of carbonyl (C=O) groups excluding carboxylic acids is 2. The number of rotatable bonds is 8. The average molecular weight is 374 g/mol. The molecule has 7 nitrogen and oxygen atoms in total. The number of benzene rings is 1. The number of amides is 2. The van der Waals surface area contributed by atoms with E-state index in [-0.39, 0.29) is 17.9 Å².